The number of nitrogens with zero attached hydrogens (tertiary/aromatic N) is 1. The van der Waals surface area contributed by atoms with Gasteiger partial charge in [-0.1, -0.05) is 6.92 Å². The highest BCUT2D eigenvalue weighted by Gasteiger charge is 2.28. The van der Waals surface area contributed by atoms with Crippen molar-refractivity contribution in [1.29, 1.82) is 0 Å². The molecule has 0 aliphatic rings. The van der Waals surface area contributed by atoms with Crippen LogP contribution in [0.4, 0.5) is 13.2 Å². The van der Waals surface area contributed by atoms with E-state index in [1.54, 1.807) is 6.92 Å². The number of ether oxygens (including phenoxy) is 1. The van der Waals surface area contributed by atoms with Crippen LogP contribution in [0.25, 0.3) is 0 Å². The van der Waals surface area contributed by atoms with Crippen LogP contribution in [0.2, 0.25) is 0 Å². The van der Waals surface area contributed by atoms with Gasteiger partial charge in [0, 0.05) is 12.1 Å². The lowest BCUT2D eigenvalue weighted by molar-refractivity contribution is -0.153. The van der Waals surface area contributed by atoms with Crippen molar-refractivity contribution in [3.8, 4) is 5.75 Å². The molecule has 0 bridgehead atoms. The number of carboxylic acids is 1. The van der Waals surface area contributed by atoms with E-state index in [2.05, 4.69) is 4.74 Å². The lowest BCUT2D eigenvalue weighted by Gasteiger charge is -2.20. The fourth-order valence-corrected chi connectivity index (χ4v) is 1.73. The normalized spacial score (nSPS) is 11.1. The summed E-state index contributed by atoms with van der Waals surface area (Å²) >= 11 is 0. The molecule has 22 heavy (non-hydrogen) atoms. The quantitative estimate of drug-likeness (QED) is 0.839. The number of carboxylic acid groups (broad SMARTS) is 1. The third kappa shape index (κ3) is 6.02. The predicted octanol–water partition coefficient (Wildman–Crippen LogP) is 2.56. The molecule has 1 rings (SSSR count). The third-order valence-corrected chi connectivity index (χ3v) is 2.61. The summed E-state index contributed by atoms with van der Waals surface area (Å²) in [5.41, 5.74) is 0.189. The minimum Gasteiger partial charge on any atom is -0.484 e. The second kappa shape index (κ2) is 7.67. The first kappa shape index (κ1) is 17.8. The molecule has 8 heteroatoms. The minimum absolute atomic E-state index is 0.0193. The number of hydrogen-bond acceptors (Lipinski definition) is 3. The number of aliphatic carboxylic acids is 1. The van der Waals surface area contributed by atoms with Gasteiger partial charge in [0.2, 0.25) is 0 Å². The summed E-state index contributed by atoms with van der Waals surface area (Å²) in [6.45, 7) is 0.230. The van der Waals surface area contributed by atoms with E-state index < -0.39 is 31.2 Å². The summed E-state index contributed by atoms with van der Waals surface area (Å²) in [7, 11) is 0. The largest absolute Gasteiger partial charge is 0.484 e. The average Bonchev–Trinajstić information content (AvgIpc) is 2.43. The van der Waals surface area contributed by atoms with Crippen LogP contribution in [0, 0.1) is 0 Å². The van der Waals surface area contributed by atoms with Crippen LogP contribution in [-0.4, -0.2) is 47.8 Å². The number of benzene rings is 1. The van der Waals surface area contributed by atoms with Gasteiger partial charge in [-0.05, 0) is 30.7 Å². The Morgan fingerprint density at radius 3 is 2.27 bits per heavy atom. The van der Waals surface area contributed by atoms with E-state index >= 15 is 0 Å². The Hall–Kier alpha value is -2.25. The van der Waals surface area contributed by atoms with Crippen LogP contribution in [0.3, 0.4) is 0 Å². The van der Waals surface area contributed by atoms with E-state index in [9.17, 15) is 22.8 Å². The van der Waals surface area contributed by atoms with Crippen LogP contribution < -0.4 is 4.74 Å². The maximum absolute atomic E-state index is 12.1. The molecule has 0 spiro atoms. The molecule has 122 valence electrons. The molecule has 0 aromatic heterocycles. The Kier molecular flexibility index (Phi) is 6.21. The van der Waals surface area contributed by atoms with Gasteiger partial charge in [0.1, 0.15) is 12.3 Å². The number of halogens is 3. The van der Waals surface area contributed by atoms with Crippen LogP contribution in [-0.2, 0) is 4.79 Å². The Morgan fingerprint density at radius 2 is 1.82 bits per heavy atom. The summed E-state index contributed by atoms with van der Waals surface area (Å²) in [6, 6.07) is 5.09. The van der Waals surface area contributed by atoms with Crippen molar-refractivity contribution >= 4 is 11.9 Å². The average molecular weight is 319 g/mol. The molecule has 0 radical (unpaired) electrons. The van der Waals surface area contributed by atoms with Crippen LogP contribution in [0.1, 0.15) is 23.7 Å². The Morgan fingerprint density at radius 1 is 1.23 bits per heavy atom. The van der Waals surface area contributed by atoms with Gasteiger partial charge in [-0.3, -0.25) is 9.59 Å². The van der Waals surface area contributed by atoms with Gasteiger partial charge in [-0.2, -0.15) is 13.2 Å². The van der Waals surface area contributed by atoms with E-state index in [4.69, 9.17) is 5.11 Å². The molecule has 1 aromatic carbocycles. The molecule has 5 nitrogen and oxygen atoms in total. The Balaban J connectivity index is 2.75. The molecule has 1 N–H and O–H groups in total. The first-order chi connectivity index (χ1) is 10.2. The highest BCUT2D eigenvalue weighted by Crippen LogP contribution is 2.19. The van der Waals surface area contributed by atoms with Gasteiger partial charge in [-0.15, -0.1) is 0 Å². The summed E-state index contributed by atoms with van der Waals surface area (Å²) < 4.78 is 40.6. The van der Waals surface area contributed by atoms with Crippen LogP contribution in [0.15, 0.2) is 24.3 Å². The smallest absolute Gasteiger partial charge is 0.422 e. The number of hydrogen-bond donors (Lipinski definition) is 1. The molecule has 0 unspecified atom stereocenters. The maximum Gasteiger partial charge on any atom is 0.422 e. The summed E-state index contributed by atoms with van der Waals surface area (Å²) in [5, 5.41) is 8.78. The van der Waals surface area contributed by atoms with Gasteiger partial charge in [0.25, 0.3) is 5.91 Å². The second-order valence-electron chi connectivity index (χ2n) is 4.55. The van der Waals surface area contributed by atoms with Crippen molar-refractivity contribution in [2.45, 2.75) is 19.5 Å². The van der Waals surface area contributed by atoms with Crippen LogP contribution in [0.5, 0.6) is 5.75 Å². The summed E-state index contributed by atoms with van der Waals surface area (Å²) in [4.78, 5) is 24.0. The molecular weight excluding hydrogens is 303 g/mol. The zero-order chi connectivity index (χ0) is 16.8. The van der Waals surface area contributed by atoms with Crippen molar-refractivity contribution in [2.75, 3.05) is 19.7 Å². The topological polar surface area (TPSA) is 66.8 Å². The molecule has 0 aliphatic heterocycles. The molecule has 0 aliphatic carbocycles. The van der Waals surface area contributed by atoms with E-state index in [0.717, 1.165) is 4.90 Å². The van der Waals surface area contributed by atoms with Gasteiger partial charge < -0.3 is 14.7 Å². The summed E-state index contributed by atoms with van der Waals surface area (Å²) in [5.74, 6) is -1.65. The van der Waals surface area contributed by atoms with E-state index in [1.165, 1.54) is 24.3 Å². The second-order valence-corrected chi connectivity index (χ2v) is 4.55. The first-order valence-corrected chi connectivity index (χ1v) is 6.53. The Labute approximate surface area is 125 Å². The van der Waals surface area contributed by atoms with Crippen molar-refractivity contribution in [3.05, 3.63) is 29.8 Å². The van der Waals surface area contributed by atoms with Crippen LogP contribution >= 0.6 is 0 Å². The van der Waals surface area contributed by atoms with Gasteiger partial charge in [-0.25, -0.2) is 0 Å². The van der Waals surface area contributed by atoms with E-state index in [-0.39, 0.29) is 17.9 Å². The molecule has 1 amide bonds. The fraction of sp³-hybridized carbons (Fsp3) is 0.429. The molecule has 0 saturated heterocycles. The van der Waals surface area contributed by atoms with Gasteiger partial charge in [0.05, 0.1) is 0 Å². The van der Waals surface area contributed by atoms with Gasteiger partial charge in [0.15, 0.2) is 6.61 Å². The van der Waals surface area contributed by atoms with Crippen molar-refractivity contribution in [3.63, 3.8) is 0 Å². The first-order valence-electron chi connectivity index (χ1n) is 6.53. The number of rotatable bonds is 7. The predicted molar refractivity (Wildman–Crippen MR) is 71.8 cm³/mol. The minimum atomic E-state index is -4.44. The molecule has 1 aromatic rings. The Bertz CT molecular complexity index is 514. The standard InChI is InChI=1S/C14H16F3NO4/c1-2-7-18(8-12(19)20)13(21)10-3-5-11(6-4-10)22-9-14(15,16)17/h3-6H,2,7-9H2,1H3,(H,19,20). The zero-order valence-corrected chi connectivity index (χ0v) is 11.9. The molecule has 0 heterocycles. The highest BCUT2D eigenvalue weighted by atomic mass is 19.4. The van der Waals surface area contributed by atoms with Crippen molar-refractivity contribution < 1.29 is 32.6 Å². The highest BCUT2D eigenvalue weighted by molar-refractivity contribution is 5.95. The van der Waals surface area contributed by atoms with Gasteiger partial charge >= 0.3 is 12.1 Å². The van der Waals surface area contributed by atoms with Crippen molar-refractivity contribution in [2.24, 2.45) is 0 Å². The zero-order valence-electron chi connectivity index (χ0n) is 11.9. The lowest BCUT2D eigenvalue weighted by Crippen LogP contribution is -2.36. The lowest BCUT2D eigenvalue weighted by atomic mass is 10.2. The number of amides is 1. The SMILES string of the molecule is CCCN(CC(=O)O)C(=O)c1ccc(OCC(F)(F)F)cc1. The third-order valence-electron chi connectivity index (χ3n) is 2.61. The molecular formula is C14H16F3NO4. The maximum atomic E-state index is 12.1. The number of carbonyl (C=O) groups is 2. The number of alkyl halides is 3. The van der Waals surface area contributed by atoms with E-state index in [1.807, 2.05) is 0 Å². The molecule has 0 fully saturated rings. The van der Waals surface area contributed by atoms with Crippen molar-refractivity contribution in [1.82, 2.24) is 4.90 Å². The van der Waals surface area contributed by atoms with E-state index in [0.29, 0.717) is 6.42 Å². The fourth-order valence-electron chi connectivity index (χ4n) is 1.73. The molecule has 0 saturated carbocycles. The molecule has 0 atom stereocenters. The summed E-state index contributed by atoms with van der Waals surface area (Å²) in [6.07, 6.45) is -3.85. The monoisotopic (exact) mass is 319 g/mol. The number of carbonyl (C=O) groups excluding carboxylic acids is 1.